The lowest BCUT2D eigenvalue weighted by Gasteiger charge is -2.36. The molecule has 2 aliphatic rings. The van der Waals surface area contributed by atoms with E-state index < -0.39 is 15.8 Å². The average Bonchev–Trinajstić information content (AvgIpc) is 2.89. The molecule has 1 aliphatic heterocycles. The van der Waals surface area contributed by atoms with Crippen LogP contribution in [0.5, 0.6) is 0 Å². The third-order valence-electron chi connectivity index (χ3n) is 4.44. The number of rotatable bonds is 2. The van der Waals surface area contributed by atoms with Crippen molar-refractivity contribution in [1.82, 2.24) is 4.31 Å². The van der Waals surface area contributed by atoms with Crippen LogP contribution >= 0.6 is 15.9 Å². The minimum absolute atomic E-state index is 0.0609. The highest BCUT2D eigenvalue weighted by Gasteiger charge is 2.41. The predicted octanol–water partition coefficient (Wildman–Crippen LogP) is 3.54. The number of halogens is 2. The normalized spacial score (nSPS) is 27.5. The highest BCUT2D eigenvalue weighted by molar-refractivity contribution is 9.10. The van der Waals surface area contributed by atoms with Crippen molar-refractivity contribution in [3.63, 3.8) is 0 Å². The summed E-state index contributed by atoms with van der Waals surface area (Å²) in [5, 5.41) is 0. The van der Waals surface area contributed by atoms with E-state index in [0.29, 0.717) is 12.5 Å². The zero-order valence-electron chi connectivity index (χ0n) is 11.1. The van der Waals surface area contributed by atoms with Gasteiger partial charge in [-0.2, -0.15) is 4.31 Å². The summed E-state index contributed by atoms with van der Waals surface area (Å²) < 4.78 is 41.0. The molecule has 6 heteroatoms. The smallest absolute Gasteiger partial charge is 0.207 e. The largest absolute Gasteiger partial charge is 0.243 e. The minimum Gasteiger partial charge on any atom is -0.207 e. The maximum Gasteiger partial charge on any atom is 0.243 e. The lowest BCUT2D eigenvalue weighted by Crippen LogP contribution is -2.46. The van der Waals surface area contributed by atoms with Gasteiger partial charge in [0.25, 0.3) is 0 Å². The van der Waals surface area contributed by atoms with E-state index in [1.54, 1.807) is 4.31 Å². The molecular weight excluding hydrogens is 345 g/mol. The lowest BCUT2D eigenvalue weighted by molar-refractivity contribution is 0.202. The second kappa shape index (κ2) is 5.39. The van der Waals surface area contributed by atoms with Gasteiger partial charge in [-0.3, -0.25) is 0 Å². The first-order valence-corrected chi connectivity index (χ1v) is 9.20. The molecule has 2 fully saturated rings. The van der Waals surface area contributed by atoms with Gasteiger partial charge in [-0.25, -0.2) is 12.8 Å². The number of benzene rings is 1. The van der Waals surface area contributed by atoms with Gasteiger partial charge in [-0.05, 0) is 65.7 Å². The van der Waals surface area contributed by atoms with E-state index in [1.807, 2.05) is 0 Å². The summed E-state index contributed by atoms with van der Waals surface area (Å²) in [5.74, 6) is -0.0510. The summed E-state index contributed by atoms with van der Waals surface area (Å²) in [7, 11) is -3.58. The van der Waals surface area contributed by atoms with Crippen molar-refractivity contribution in [3.05, 3.63) is 28.5 Å². The Balaban J connectivity index is 1.96. The fourth-order valence-corrected chi connectivity index (χ4v) is 5.49. The summed E-state index contributed by atoms with van der Waals surface area (Å²) in [4.78, 5) is 0.0609. The Morgan fingerprint density at radius 1 is 1.20 bits per heavy atom. The number of nitrogens with zero attached hydrogens (tertiary/aromatic N) is 1. The highest BCUT2D eigenvalue weighted by atomic mass is 79.9. The van der Waals surface area contributed by atoms with Gasteiger partial charge in [0.15, 0.2) is 0 Å². The molecule has 0 amide bonds. The maximum atomic E-state index is 13.6. The van der Waals surface area contributed by atoms with E-state index in [-0.39, 0.29) is 15.4 Å². The summed E-state index contributed by atoms with van der Waals surface area (Å²) in [5.41, 5.74) is 0. The van der Waals surface area contributed by atoms with Crippen molar-refractivity contribution >= 4 is 26.0 Å². The van der Waals surface area contributed by atoms with Crippen LogP contribution in [0.25, 0.3) is 0 Å². The molecule has 0 radical (unpaired) electrons. The number of fused-ring (bicyclic) bond motifs is 1. The molecule has 1 aromatic rings. The first kappa shape index (κ1) is 14.5. The molecule has 1 saturated heterocycles. The Labute approximate surface area is 127 Å². The van der Waals surface area contributed by atoms with Crippen LogP contribution in [-0.4, -0.2) is 25.3 Å². The van der Waals surface area contributed by atoms with Crippen LogP contribution in [0.4, 0.5) is 4.39 Å². The zero-order valence-corrected chi connectivity index (χ0v) is 13.5. The van der Waals surface area contributed by atoms with E-state index in [1.165, 1.54) is 12.1 Å². The van der Waals surface area contributed by atoms with Gasteiger partial charge < -0.3 is 0 Å². The van der Waals surface area contributed by atoms with Crippen molar-refractivity contribution in [2.75, 3.05) is 6.54 Å². The molecule has 0 aromatic heterocycles. The molecule has 0 bridgehead atoms. The molecule has 1 heterocycles. The second-order valence-electron chi connectivity index (χ2n) is 5.59. The minimum atomic E-state index is -3.58. The van der Waals surface area contributed by atoms with Gasteiger partial charge in [0.2, 0.25) is 10.0 Å². The standard InChI is InChI=1S/C14H17BrFNO2S/c15-12-7-6-11(9-13(12)16)20(18,19)17-8-2-4-10-3-1-5-14(10)17/h6-7,9-10,14H,1-5,8H2. The SMILES string of the molecule is O=S(=O)(c1ccc(Br)c(F)c1)N1CCCC2CCCC21. The van der Waals surface area contributed by atoms with Crippen LogP contribution in [-0.2, 0) is 10.0 Å². The predicted molar refractivity (Wildman–Crippen MR) is 78.4 cm³/mol. The fraction of sp³-hybridized carbons (Fsp3) is 0.571. The molecule has 1 saturated carbocycles. The van der Waals surface area contributed by atoms with Crippen molar-refractivity contribution in [1.29, 1.82) is 0 Å². The first-order valence-electron chi connectivity index (χ1n) is 6.97. The zero-order chi connectivity index (χ0) is 14.3. The Bertz CT molecular complexity index is 620. The number of hydrogen-bond donors (Lipinski definition) is 0. The summed E-state index contributed by atoms with van der Waals surface area (Å²) in [6.45, 7) is 0.557. The molecule has 110 valence electrons. The molecule has 20 heavy (non-hydrogen) atoms. The third kappa shape index (κ3) is 2.42. The average molecular weight is 362 g/mol. The van der Waals surface area contributed by atoms with Gasteiger partial charge in [-0.1, -0.05) is 6.42 Å². The lowest BCUT2D eigenvalue weighted by atomic mass is 9.94. The molecule has 1 aromatic carbocycles. The quantitative estimate of drug-likeness (QED) is 0.807. The van der Waals surface area contributed by atoms with Gasteiger partial charge in [0.05, 0.1) is 9.37 Å². The molecule has 1 aliphatic carbocycles. The molecule has 0 N–H and O–H groups in total. The second-order valence-corrected chi connectivity index (χ2v) is 8.34. The highest BCUT2D eigenvalue weighted by Crippen LogP contribution is 2.39. The van der Waals surface area contributed by atoms with Gasteiger partial charge >= 0.3 is 0 Å². The maximum absolute atomic E-state index is 13.6. The molecule has 2 atom stereocenters. The number of sulfonamides is 1. The van der Waals surface area contributed by atoms with E-state index in [2.05, 4.69) is 15.9 Å². The van der Waals surface area contributed by atoms with Crippen LogP contribution in [0.3, 0.4) is 0 Å². The van der Waals surface area contributed by atoms with E-state index in [9.17, 15) is 12.8 Å². The molecular formula is C14H17BrFNO2S. The molecule has 3 nitrogen and oxygen atoms in total. The molecule has 3 rings (SSSR count). The molecule has 0 spiro atoms. The van der Waals surface area contributed by atoms with Crippen molar-refractivity contribution in [2.24, 2.45) is 5.92 Å². The summed E-state index contributed by atoms with van der Waals surface area (Å²) in [6, 6.07) is 4.15. The van der Waals surface area contributed by atoms with Crippen LogP contribution < -0.4 is 0 Å². The van der Waals surface area contributed by atoms with Crippen LogP contribution in [0.15, 0.2) is 27.6 Å². The van der Waals surface area contributed by atoms with E-state index in [0.717, 1.165) is 38.2 Å². The summed E-state index contributed by atoms with van der Waals surface area (Å²) >= 11 is 3.05. The number of piperidine rings is 1. The third-order valence-corrected chi connectivity index (χ3v) is 7.00. The van der Waals surface area contributed by atoms with Crippen LogP contribution in [0.1, 0.15) is 32.1 Å². The van der Waals surface area contributed by atoms with Crippen LogP contribution in [0.2, 0.25) is 0 Å². The Kier molecular flexibility index (Phi) is 3.90. The topological polar surface area (TPSA) is 37.4 Å². The number of hydrogen-bond acceptors (Lipinski definition) is 2. The monoisotopic (exact) mass is 361 g/mol. The van der Waals surface area contributed by atoms with Crippen molar-refractivity contribution < 1.29 is 12.8 Å². The van der Waals surface area contributed by atoms with Crippen molar-refractivity contribution in [2.45, 2.75) is 43.0 Å². The van der Waals surface area contributed by atoms with E-state index >= 15 is 0 Å². The van der Waals surface area contributed by atoms with Gasteiger partial charge in [0.1, 0.15) is 5.82 Å². The summed E-state index contributed by atoms with van der Waals surface area (Å²) in [6.07, 6.45) is 5.16. The molecule has 2 unspecified atom stereocenters. The Morgan fingerprint density at radius 2 is 1.95 bits per heavy atom. The van der Waals surface area contributed by atoms with Gasteiger partial charge in [0, 0.05) is 12.6 Å². The Morgan fingerprint density at radius 3 is 2.70 bits per heavy atom. The van der Waals surface area contributed by atoms with Crippen LogP contribution in [0, 0.1) is 11.7 Å². The van der Waals surface area contributed by atoms with Gasteiger partial charge in [-0.15, -0.1) is 0 Å². The Hall–Kier alpha value is -0.460. The first-order chi connectivity index (χ1) is 9.50. The van der Waals surface area contributed by atoms with E-state index in [4.69, 9.17) is 0 Å². The fourth-order valence-electron chi connectivity index (χ4n) is 3.48. The van der Waals surface area contributed by atoms with Crippen molar-refractivity contribution in [3.8, 4) is 0 Å².